The number of fused-ring (bicyclic) bond motifs is 1. The van der Waals surface area contributed by atoms with Crippen molar-refractivity contribution in [2.45, 2.75) is 31.2 Å². The van der Waals surface area contributed by atoms with Crippen LogP contribution in [0.2, 0.25) is 0 Å². The highest BCUT2D eigenvalue weighted by atomic mass is 79.9. The normalized spacial score (nSPS) is 18.4. The third-order valence-electron chi connectivity index (χ3n) is 2.49. The van der Waals surface area contributed by atoms with Gasteiger partial charge in [-0.15, -0.1) is 0 Å². The Kier molecular flexibility index (Phi) is 2.63. The van der Waals surface area contributed by atoms with Crippen LogP contribution in [-0.2, 0) is 10.0 Å². The molecule has 0 fully saturated rings. The summed E-state index contributed by atoms with van der Waals surface area (Å²) < 4.78 is 26.1. The molecule has 6 heteroatoms. The molecule has 0 saturated carbocycles. The fourth-order valence-electron chi connectivity index (χ4n) is 1.87. The third-order valence-corrected chi connectivity index (χ3v) is 5.07. The van der Waals surface area contributed by atoms with Crippen LogP contribution in [0, 0.1) is 0 Å². The van der Waals surface area contributed by atoms with E-state index in [-0.39, 0.29) is 10.5 Å². The topological polar surface area (TPSA) is 54.5 Å². The molecule has 92 valence electrons. The fraction of sp³-hybridized carbons (Fsp3) is 0.364. The molecule has 4 nitrogen and oxygen atoms in total. The Morgan fingerprint density at radius 2 is 1.82 bits per heavy atom. The zero-order chi connectivity index (χ0) is 13.0. The number of carbonyl (C=O) groups is 1. The van der Waals surface area contributed by atoms with Gasteiger partial charge in [-0.25, -0.2) is 12.7 Å². The number of amides is 1. The standard InChI is InChI=1S/C11H12BrNO3S/c1-11(2,3)13-10(14)8-5-4-7(12)6-9(8)17(13,15)16/h4-6H,1-3H3. The first-order valence-electron chi connectivity index (χ1n) is 5.05. The van der Waals surface area contributed by atoms with Crippen LogP contribution in [0.5, 0.6) is 0 Å². The average molecular weight is 318 g/mol. The lowest BCUT2D eigenvalue weighted by molar-refractivity contribution is 0.0788. The Labute approximate surface area is 109 Å². The lowest BCUT2D eigenvalue weighted by Crippen LogP contribution is -2.45. The predicted molar refractivity (Wildman–Crippen MR) is 67.3 cm³/mol. The van der Waals surface area contributed by atoms with Crippen LogP contribution in [0.3, 0.4) is 0 Å². The molecule has 0 aliphatic carbocycles. The minimum atomic E-state index is -3.72. The molecule has 0 unspecified atom stereocenters. The van der Waals surface area contributed by atoms with Crippen LogP contribution in [-0.4, -0.2) is 24.2 Å². The maximum absolute atomic E-state index is 12.3. The summed E-state index contributed by atoms with van der Waals surface area (Å²) in [5.41, 5.74) is -0.523. The van der Waals surface area contributed by atoms with Gasteiger partial charge in [0, 0.05) is 4.47 Å². The van der Waals surface area contributed by atoms with Crippen molar-refractivity contribution < 1.29 is 13.2 Å². The van der Waals surface area contributed by atoms with Crippen LogP contribution in [0.15, 0.2) is 27.6 Å². The van der Waals surface area contributed by atoms with Gasteiger partial charge in [0.25, 0.3) is 15.9 Å². The molecular weight excluding hydrogens is 306 g/mol. The number of rotatable bonds is 0. The Bertz CT molecular complexity index is 602. The molecule has 0 N–H and O–H groups in total. The molecule has 0 spiro atoms. The van der Waals surface area contributed by atoms with Crippen LogP contribution >= 0.6 is 15.9 Å². The summed E-state index contributed by atoms with van der Waals surface area (Å²) in [6, 6.07) is 4.66. The second kappa shape index (κ2) is 3.55. The Hall–Kier alpha value is -0.880. The minimum absolute atomic E-state index is 0.0757. The van der Waals surface area contributed by atoms with Crippen molar-refractivity contribution in [1.29, 1.82) is 0 Å². The van der Waals surface area contributed by atoms with E-state index in [4.69, 9.17) is 0 Å². The number of sulfonamides is 1. The van der Waals surface area contributed by atoms with Gasteiger partial charge in [-0.05, 0) is 39.0 Å². The number of halogens is 1. The van der Waals surface area contributed by atoms with Crippen LogP contribution in [0.4, 0.5) is 0 Å². The van der Waals surface area contributed by atoms with Crippen molar-refractivity contribution in [3.05, 3.63) is 28.2 Å². The second-order valence-corrected chi connectivity index (χ2v) is 7.56. The lowest BCUT2D eigenvalue weighted by Gasteiger charge is -2.29. The van der Waals surface area contributed by atoms with E-state index in [1.807, 2.05) is 0 Å². The summed E-state index contributed by atoms with van der Waals surface area (Å²) in [4.78, 5) is 12.2. The molecule has 1 amide bonds. The average Bonchev–Trinajstić information content (AvgIpc) is 2.33. The number of hydrogen-bond acceptors (Lipinski definition) is 3. The number of nitrogens with zero attached hydrogens (tertiary/aromatic N) is 1. The van der Waals surface area contributed by atoms with Gasteiger partial charge in [0.1, 0.15) is 4.90 Å². The van der Waals surface area contributed by atoms with E-state index >= 15 is 0 Å². The zero-order valence-electron chi connectivity index (χ0n) is 9.69. The molecule has 0 bridgehead atoms. The Morgan fingerprint density at radius 1 is 1.24 bits per heavy atom. The Morgan fingerprint density at radius 3 is 2.35 bits per heavy atom. The first kappa shape index (κ1) is 12.6. The minimum Gasteiger partial charge on any atom is -0.268 e. The Balaban J connectivity index is 2.74. The van der Waals surface area contributed by atoms with Gasteiger partial charge >= 0.3 is 0 Å². The third kappa shape index (κ3) is 1.79. The highest BCUT2D eigenvalue weighted by Crippen LogP contribution is 2.36. The van der Waals surface area contributed by atoms with Crippen molar-refractivity contribution in [3.8, 4) is 0 Å². The molecule has 1 aromatic rings. The van der Waals surface area contributed by atoms with E-state index in [2.05, 4.69) is 15.9 Å². The fourth-order valence-corrected chi connectivity index (χ4v) is 4.32. The van der Waals surface area contributed by atoms with Crippen molar-refractivity contribution in [2.24, 2.45) is 0 Å². The molecule has 0 atom stereocenters. The summed E-state index contributed by atoms with van der Waals surface area (Å²) >= 11 is 3.21. The zero-order valence-corrected chi connectivity index (χ0v) is 12.1. The first-order chi connectivity index (χ1) is 7.65. The van der Waals surface area contributed by atoms with E-state index in [0.29, 0.717) is 4.47 Å². The molecule has 0 aromatic heterocycles. The van der Waals surface area contributed by atoms with E-state index in [1.165, 1.54) is 12.1 Å². The van der Waals surface area contributed by atoms with E-state index < -0.39 is 21.5 Å². The number of benzene rings is 1. The van der Waals surface area contributed by atoms with Gasteiger partial charge in [-0.3, -0.25) is 4.79 Å². The van der Waals surface area contributed by atoms with Crippen LogP contribution < -0.4 is 0 Å². The number of carbonyl (C=O) groups excluding carboxylic acids is 1. The van der Waals surface area contributed by atoms with Crippen molar-refractivity contribution in [2.75, 3.05) is 0 Å². The summed E-state index contributed by atoms with van der Waals surface area (Å²) in [7, 11) is -3.72. The van der Waals surface area contributed by atoms with Crippen molar-refractivity contribution in [1.82, 2.24) is 4.31 Å². The molecule has 1 aliphatic heterocycles. The van der Waals surface area contributed by atoms with Gasteiger partial charge in [-0.1, -0.05) is 15.9 Å². The van der Waals surface area contributed by atoms with Gasteiger partial charge < -0.3 is 0 Å². The van der Waals surface area contributed by atoms with Gasteiger partial charge in [0.05, 0.1) is 11.1 Å². The highest BCUT2D eigenvalue weighted by Gasteiger charge is 2.46. The molecule has 1 heterocycles. The SMILES string of the molecule is CC(C)(C)N1C(=O)c2ccc(Br)cc2S1(=O)=O. The van der Waals surface area contributed by atoms with Crippen LogP contribution in [0.25, 0.3) is 0 Å². The molecule has 0 saturated heterocycles. The quantitative estimate of drug-likeness (QED) is 0.738. The van der Waals surface area contributed by atoms with Crippen molar-refractivity contribution in [3.63, 3.8) is 0 Å². The lowest BCUT2D eigenvalue weighted by atomic mass is 10.1. The molecule has 2 rings (SSSR count). The van der Waals surface area contributed by atoms with E-state index in [0.717, 1.165) is 4.31 Å². The van der Waals surface area contributed by atoms with Gasteiger partial charge in [-0.2, -0.15) is 0 Å². The summed E-state index contributed by atoms with van der Waals surface area (Å²) in [5, 5.41) is 0. The van der Waals surface area contributed by atoms with E-state index in [9.17, 15) is 13.2 Å². The molecule has 1 aliphatic rings. The van der Waals surface area contributed by atoms with Gasteiger partial charge in [0.2, 0.25) is 0 Å². The molecular formula is C11H12BrNO3S. The monoisotopic (exact) mass is 317 g/mol. The van der Waals surface area contributed by atoms with Crippen LogP contribution in [0.1, 0.15) is 31.1 Å². The second-order valence-electron chi connectivity index (χ2n) is 4.89. The summed E-state index contributed by atoms with van der Waals surface area (Å²) in [6.45, 7) is 5.09. The van der Waals surface area contributed by atoms with Gasteiger partial charge in [0.15, 0.2) is 0 Å². The predicted octanol–water partition coefficient (Wildman–Crippen LogP) is 2.39. The number of hydrogen-bond donors (Lipinski definition) is 0. The highest BCUT2D eigenvalue weighted by molar-refractivity contribution is 9.10. The maximum atomic E-state index is 12.3. The maximum Gasteiger partial charge on any atom is 0.269 e. The largest absolute Gasteiger partial charge is 0.269 e. The summed E-state index contributed by atoms with van der Waals surface area (Å²) in [5.74, 6) is -0.458. The molecule has 0 radical (unpaired) electrons. The molecule has 17 heavy (non-hydrogen) atoms. The van der Waals surface area contributed by atoms with Crippen molar-refractivity contribution >= 4 is 31.9 Å². The van der Waals surface area contributed by atoms with E-state index in [1.54, 1.807) is 26.8 Å². The smallest absolute Gasteiger partial charge is 0.268 e. The summed E-state index contributed by atoms with van der Waals surface area (Å²) in [6.07, 6.45) is 0. The molecule has 1 aromatic carbocycles. The first-order valence-corrected chi connectivity index (χ1v) is 7.28.